The van der Waals surface area contributed by atoms with E-state index in [9.17, 15) is 9.59 Å². The van der Waals surface area contributed by atoms with Gasteiger partial charge in [-0.05, 0) is 36.1 Å². The fourth-order valence-electron chi connectivity index (χ4n) is 3.52. The highest BCUT2D eigenvalue weighted by Crippen LogP contribution is 2.29. The van der Waals surface area contributed by atoms with Crippen LogP contribution in [0.4, 0.5) is 0 Å². The lowest BCUT2D eigenvalue weighted by Crippen LogP contribution is -2.41. The van der Waals surface area contributed by atoms with E-state index in [1.165, 1.54) is 0 Å². The average Bonchev–Trinajstić information content (AvgIpc) is 2.68. The molecule has 1 heterocycles. The summed E-state index contributed by atoms with van der Waals surface area (Å²) in [6.45, 7) is 1.86. The number of hydrogen-bond acceptors (Lipinski definition) is 2. The highest BCUT2D eigenvalue weighted by Gasteiger charge is 2.20. The maximum atomic E-state index is 12.6. The first-order valence-corrected chi connectivity index (χ1v) is 9.86. The summed E-state index contributed by atoms with van der Waals surface area (Å²) in [5.41, 5.74) is 2.11. The first-order chi connectivity index (χ1) is 13.1. The highest BCUT2D eigenvalue weighted by atomic mass is 35.5. The predicted octanol–water partition coefficient (Wildman–Crippen LogP) is 3.99. The van der Waals surface area contributed by atoms with Crippen molar-refractivity contribution in [2.75, 3.05) is 19.6 Å². The molecule has 4 nitrogen and oxygen atoms in total. The van der Waals surface area contributed by atoms with Gasteiger partial charge in [0.15, 0.2) is 0 Å². The van der Waals surface area contributed by atoms with E-state index in [0.29, 0.717) is 31.0 Å². The molecule has 1 aliphatic rings. The normalized spacial score (nSPS) is 15.4. The van der Waals surface area contributed by atoms with Crippen LogP contribution >= 0.6 is 11.6 Å². The number of benzene rings is 2. The van der Waals surface area contributed by atoms with Gasteiger partial charge in [-0.1, -0.05) is 54.1 Å². The Hall–Kier alpha value is -2.33. The van der Waals surface area contributed by atoms with E-state index in [1.54, 1.807) is 0 Å². The molecule has 1 fully saturated rings. The van der Waals surface area contributed by atoms with E-state index < -0.39 is 0 Å². The maximum Gasteiger partial charge on any atom is 0.222 e. The summed E-state index contributed by atoms with van der Waals surface area (Å²) < 4.78 is 0. The van der Waals surface area contributed by atoms with Gasteiger partial charge in [-0.25, -0.2) is 0 Å². The molecule has 0 aromatic heterocycles. The van der Waals surface area contributed by atoms with Crippen molar-refractivity contribution < 1.29 is 9.59 Å². The topological polar surface area (TPSA) is 49.4 Å². The maximum absolute atomic E-state index is 12.6. The molecule has 1 aliphatic heterocycles. The number of carbonyl (C=O) groups is 2. The smallest absolute Gasteiger partial charge is 0.222 e. The zero-order valence-electron chi connectivity index (χ0n) is 15.4. The Morgan fingerprint density at radius 2 is 1.85 bits per heavy atom. The van der Waals surface area contributed by atoms with E-state index in [0.717, 1.165) is 30.5 Å². The quantitative estimate of drug-likeness (QED) is 0.784. The van der Waals surface area contributed by atoms with Gasteiger partial charge >= 0.3 is 0 Å². The third kappa shape index (κ3) is 5.57. The standard InChI is InChI=1S/C22H25ClN2O2/c23-19-10-6-9-18(15-19)20(17-7-2-1-3-8-17)16-21(26)24-12-14-25-13-5-4-11-22(25)27/h1-3,6-10,15,20H,4-5,11-14,16H2,(H,24,26). The van der Waals surface area contributed by atoms with Crippen LogP contribution in [0.1, 0.15) is 42.7 Å². The van der Waals surface area contributed by atoms with Gasteiger partial charge in [0.1, 0.15) is 0 Å². The first kappa shape index (κ1) is 19.4. The molecule has 3 rings (SSSR count). The Morgan fingerprint density at radius 1 is 1.07 bits per heavy atom. The van der Waals surface area contributed by atoms with Gasteiger partial charge in [-0.2, -0.15) is 0 Å². The van der Waals surface area contributed by atoms with Crippen molar-refractivity contribution in [1.29, 1.82) is 0 Å². The summed E-state index contributed by atoms with van der Waals surface area (Å²) in [4.78, 5) is 26.3. The van der Waals surface area contributed by atoms with Crippen LogP contribution in [0.25, 0.3) is 0 Å². The monoisotopic (exact) mass is 384 g/mol. The second-order valence-electron chi connectivity index (χ2n) is 6.91. The molecule has 27 heavy (non-hydrogen) atoms. The van der Waals surface area contributed by atoms with Crippen molar-refractivity contribution >= 4 is 23.4 Å². The van der Waals surface area contributed by atoms with Crippen molar-refractivity contribution in [2.24, 2.45) is 0 Å². The molecule has 0 bridgehead atoms. The van der Waals surface area contributed by atoms with Gasteiger partial charge in [-0.3, -0.25) is 9.59 Å². The molecule has 2 aromatic rings. The summed E-state index contributed by atoms with van der Waals surface area (Å²) in [6.07, 6.45) is 2.99. The summed E-state index contributed by atoms with van der Waals surface area (Å²) in [7, 11) is 0. The lowest BCUT2D eigenvalue weighted by Gasteiger charge is -2.26. The molecule has 5 heteroatoms. The van der Waals surface area contributed by atoms with Crippen molar-refractivity contribution in [3.63, 3.8) is 0 Å². The Morgan fingerprint density at radius 3 is 2.59 bits per heavy atom. The van der Waals surface area contributed by atoms with Crippen LogP contribution in [0, 0.1) is 0 Å². The summed E-state index contributed by atoms with van der Waals surface area (Å²) >= 11 is 6.16. The minimum Gasteiger partial charge on any atom is -0.354 e. The number of nitrogens with one attached hydrogen (secondary N) is 1. The van der Waals surface area contributed by atoms with Gasteiger partial charge in [0.2, 0.25) is 11.8 Å². The van der Waals surface area contributed by atoms with Crippen molar-refractivity contribution in [3.05, 3.63) is 70.7 Å². The third-order valence-corrected chi connectivity index (χ3v) is 5.20. The molecule has 0 spiro atoms. The molecular formula is C22H25ClN2O2. The molecule has 1 atom stereocenters. The second kappa shape index (κ2) is 9.56. The zero-order chi connectivity index (χ0) is 19.1. The number of rotatable bonds is 7. The molecule has 2 aromatic carbocycles. The van der Waals surface area contributed by atoms with Crippen LogP contribution in [0.3, 0.4) is 0 Å². The highest BCUT2D eigenvalue weighted by molar-refractivity contribution is 6.30. The largest absolute Gasteiger partial charge is 0.354 e. The second-order valence-corrected chi connectivity index (χ2v) is 7.35. The molecule has 0 aliphatic carbocycles. The molecular weight excluding hydrogens is 360 g/mol. The number of carbonyl (C=O) groups excluding carboxylic acids is 2. The molecule has 2 amide bonds. The first-order valence-electron chi connectivity index (χ1n) is 9.48. The van der Waals surface area contributed by atoms with Crippen molar-refractivity contribution in [3.8, 4) is 0 Å². The van der Waals surface area contributed by atoms with Crippen LogP contribution in [-0.2, 0) is 9.59 Å². The van der Waals surface area contributed by atoms with Gasteiger partial charge in [0.05, 0.1) is 0 Å². The fourth-order valence-corrected chi connectivity index (χ4v) is 3.72. The Kier molecular flexibility index (Phi) is 6.88. The summed E-state index contributed by atoms with van der Waals surface area (Å²) in [5.74, 6) is 0.117. The van der Waals surface area contributed by atoms with Gasteiger partial charge in [0, 0.05) is 43.4 Å². The van der Waals surface area contributed by atoms with E-state index in [2.05, 4.69) is 5.32 Å². The minimum absolute atomic E-state index is 0.0201. The Bertz CT molecular complexity index is 779. The number of halogens is 1. The fraction of sp³-hybridized carbons (Fsp3) is 0.364. The SMILES string of the molecule is O=C(CC(c1ccccc1)c1cccc(Cl)c1)NCCN1CCCCC1=O. The number of nitrogens with zero attached hydrogens (tertiary/aromatic N) is 1. The number of likely N-dealkylation sites (tertiary alicyclic amines) is 1. The summed E-state index contributed by atoms with van der Waals surface area (Å²) in [6, 6.07) is 17.7. The van der Waals surface area contributed by atoms with E-state index in [1.807, 2.05) is 59.5 Å². The van der Waals surface area contributed by atoms with E-state index >= 15 is 0 Å². The van der Waals surface area contributed by atoms with Crippen molar-refractivity contribution in [2.45, 2.75) is 31.6 Å². The van der Waals surface area contributed by atoms with E-state index in [-0.39, 0.29) is 17.7 Å². The van der Waals surface area contributed by atoms with Crippen LogP contribution in [0.2, 0.25) is 5.02 Å². The van der Waals surface area contributed by atoms with Crippen molar-refractivity contribution in [1.82, 2.24) is 10.2 Å². The van der Waals surface area contributed by atoms with Crippen LogP contribution in [0.5, 0.6) is 0 Å². The predicted molar refractivity (Wildman–Crippen MR) is 108 cm³/mol. The molecule has 1 N–H and O–H groups in total. The molecule has 142 valence electrons. The lowest BCUT2D eigenvalue weighted by molar-refractivity contribution is -0.133. The minimum atomic E-state index is -0.0541. The van der Waals surface area contributed by atoms with Gasteiger partial charge in [0.25, 0.3) is 0 Å². The molecule has 0 radical (unpaired) electrons. The summed E-state index contributed by atoms with van der Waals surface area (Å²) in [5, 5.41) is 3.63. The lowest BCUT2D eigenvalue weighted by atomic mass is 9.88. The number of amides is 2. The van der Waals surface area contributed by atoms with Crippen LogP contribution < -0.4 is 5.32 Å². The Balaban J connectivity index is 1.62. The van der Waals surface area contributed by atoms with Crippen LogP contribution in [-0.4, -0.2) is 36.3 Å². The third-order valence-electron chi connectivity index (χ3n) is 4.97. The van der Waals surface area contributed by atoms with Crippen LogP contribution in [0.15, 0.2) is 54.6 Å². The number of piperidine rings is 1. The van der Waals surface area contributed by atoms with E-state index in [4.69, 9.17) is 11.6 Å². The van der Waals surface area contributed by atoms with Gasteiger partial charge < -0.3 is 10.2 Å². The molecule has 0 saturated carbocycles. The van der Waals surface area contributed by atoms with Gasteiger partial charge in [-0.15, -0.1) is 0 Å². The number of hydrogen-bond donors (Lipinski definition) is 1. The molecule has 1 saturated heterocycles. The Labute approximate surface area is 165 Å². The average molecular weight is 385 g/mol. The molecule has 1 unspecified atom stereocenters. The zero-order valence-corrected chi connectivity index (χ0v) is 16.1.